The van der Waals surface area contributed by atoms with Gasteiger partial charge < -0.3 is 4.74 Å². The van der Waals surface area contributed by atoms with Crippen LogP contribution in [-0.2, 0) is 4.79 Å². The van der Waals surface area contributed by atoms with Crippen LogP contribution in [0.4, 0.5) is 5.69 Å². The molecular weight excluding hydrogens is 519 g/mol. The number of amides is 1. The van der Waals surface area contributed by atoms with Crippen molar-refractivity contribution in [2.75, 3.05) is 11.6 Å². The zero-order chi connectivity index (χ0) is 19.7. The fraction of sp³-hybridized carbons (Fsp3) is 0.158. The lowest BCUT2D eigenvalue weighted by Crippen LogP contribution is -2.21. The smallest absolute Gasteiger partial charge is 0.280 e. The topological polar surface area (TPSA) is 41.9 Å². The van der Waals surface area contributed by atoms with Crippen molar-refractivity contribution in [3.8, 4) is 5.75 Å². The van der Waals surface area contributed by atoms with E-state index in [-0.39, 0.29) is 5.91 Å². The van der Waals surface area contributed by atoms with E-state index in [1.807, 2.05) is 19.1 Å². The maximum atomic E-state index is 13.0. The standard InChI is InChI=1S/C19H14Br2Cl2N2O2/c1-3-27-18-11(6-12(20)8-15(18)21)7-14-10(2)24-25(19(14)26)13-4-5-16(22)17(23)9-13/h4-9H,3H2,1-2H3. The molecule has 0 atom stereocenters. The van der Waals surface area contributed by atoms with Crippen LogP contribution in [0, 0.1) is 0 Å². The number of carbonyl (C=O) groups excluding carboxylic acids is 1. The van der Waals surface area contributed by atoms with E-state index in [0.717, 1.165) is 14.5 Å². The molecular formula is C19H14Br2Cl2N2O2. The Bertz CT molecular complexity index is 990. The number of carbonyl (C=O) groups is 1. The van der Waals surface area contributed by atoms with Crippen molar-refractivity contribution >= 4 is 78.4 Å². The SMILES string of the molecule is CCOc1c(Br)cc(Br)cc1C=C1C(=O)N(c2ccc(Cl)c(Cl)c2)N=C1C. The number of hydrogen-bond acceptors (Lipinski definition) is 3. The third kappa shape index (κ3) is 4.24. The van der Waals surface area contributed by atoms with E-state index < -0.39 is 0 Å². The van der Waals surface area contributed by atoms with Gasteiger partial charge in [0.15, 0.2) is 0 Å². The Labute approximate surface area is 184 Å². The van der Waals surface area contributed by atoms with E-state index in [0.29, 0.717) is 39.4 Å². The highest BCUT2D eigenvalue weighted by Gasteiger charge is 2.29. The van der Waals surface area contributed by atoms with Gasteiger partial charge in [-0.25, -0.2) is 0 Å². The predicted molar refractivity (Wildman–Crippen MR) is 118 cm³/mol. The summed E-state index contributed by atoms with van der Waals surface area (Å²) in [6.45, 7) is 4.20. The lowest BCUT2D eigenvalue weighted by Gasteiger charge is -2.13. The number of anilines is 1. The van der Waals surface area contributed by atoms with Gasteiger partial charge in [-0.3, -0.25) is 4.79 Å². The van der Waals surface area contributed by atoms with Crippen LogP contribution < -0.4 is 9.75 Å². The molecule has 1 aliphatic heterocycles. The first-order valence-corrected chi connectivity index (χ1v) is 10.3. The number of rotatable bonds is 4. The Kier molecular flexibility index (Phi) is 6.31. The highest BCUT2D eigenvalue weighted by molar-refractivity contribution is 9.11. The molecule has 0 fully saturated rings. The minimum Gasteiger partial charge on any atom is -0.492 e. The first-order chi connectivity index (χ1) is 12.8. The van der Waals surface area contributed by atoms with E-state index in [2.05, 4.69) is 37.0 Å². The second kappa shape index (κ2) is 8.35. The van der Waals surface area contributed by atoms with E-state index in [9.17, 15) is 4.79 Å². The summed E-state index contributed by atoms with van der Waals surface area (Å²) in [6.07, 6.45) is 1.78. The second-order valence-corrected chi connectivity index (χ2v) is 8.28. The zero-order valence-corrected chi connectivity index (χ0v) is 19.1. The van der Waals surface area contributed by atoms with Gasteiger partial charge in [0.1, 0.15) is 5.75 Å². The number of hydrogen-bond donors (Lipinski definition) is 0. The minimum atomic E-state index is -0.246. The van der Waals surface area contributed by atoms with E-state index in [1.165, 1.54) is 5.01 Å². The van der Waals surface area contributed by atoms with Crippen LogP contribution in [0.5, 0.6) is 5.75 Å². The molecule has 8 heteroatoms. The van der Waals surface area contributed by atoms with Crippen molar-refractivity contribution in [2.45, 2.75) is 13.8 Å². The number of nitrogens with zero attached hydrogens (tertiary/aromatic N) is 2. The van der Waals surface area contributed by atoms with Crippen LogP contribution in [0.3, 0.4) is 0 Å². The van der Waals surface area contributed by atoms with Crippen molar-refractivity contribution < 1.29 is 9.53 Å². The van der Waals surface area contributed by atoms with Crippen LogP contribution in [0.2, 0.25) is 10.0 Å². The van der Waals surface area contributed by atoms with E-state index in [4.69, 9.17) is 27.9 Å². The summed E-state index contributed by atoms with van der Waals surface area (Å²) in [5, 5.41) is 6.47. The molecule has 0 aliphatic carbocycles. The molecule has 0 saturated heterocycles. The van der Waals surface area contributed by atoms with E-state index in [1.54, 1.807) is 31.2 Å². The van der Waals surface area contributed by atoms with Crippen LogP contribution in [0.1, 0.15) is 19.4 Å². The Morgan fingerprint density at radius 3 is 2.59 bits per heavy atom. The molecule has 1 heterocycles. The van der Waals surface area contributed by atoms with Gasteiger partial charge in [-0.15, -0.1) is 0 Å². The minimum absolute atomic E-state index is 0.246. The van der Waals surface area contributed by atoms with Crippen molar-refractivity contribution in [3.05, 3.63) is 60.5 Å². The van der Waals surface area contributed by atoms with Crippen molar-refractivity contribution in [3.63, 3.8) is 0 Å². The van der Waals surface area contributed by atoms with Crippen molar-refractivity contribution in [2.24, 2.45) is 5.10 Å². The van der Waals surface area contributed by atoms with Crippen LogP contribution in [0.15, 0.2) is 50.0 Å². The first-order valence-electron chi connectivity index (χ1n) is 8.00. The molecule has 0 N–H and O–H groups in total. The fourth-order valence-corrected chi connectivity index (χ4v) is 4.28. The molecule has 2 aromatic rings. The lowest BCUT2D eigenvalue weighted by atomic mass is 10.1. The van der Waals surface area contributed by atoms with Gasteiger partial charge in [0, 0.05) is 10.0 Å². The number of hydrazone groups is 1. The monoisotopic (exact) mass is 530 g/mol. The molecule has 0 unspecified atom stereocenters. The maximum Gasteiger partial charge on any atom is 0.280 e. The summed E-state index contributed by atoms with van der Waals surface area (Å²) in [7, 11) is 0. The van der Waals surface area contributed by atoms with Gasteiger partial charge in [0.2, 0.25) is 0 Å². The normalized spacial score (nSPS) is 15.5. The van der Waals surface area contributed by atoms with Gasteiger partial charge in [0.05, 0.1) is 38.1 Å². The number of ether oxygens (including phenoxy) is 1. The highest BCUT2D eigenvalue weighted by atomic mass is 79.9. The summed E-state index contributed by atoms with van der Waals surface area (Å²) < 4.78 is 7.40. The predicted octanol–water partition coefficient (Wildman–Crippen LogP) is 6.72. The Balaban J connectivity index is 2.03. The molecule has 1 amide bonds. The van der Waals surface area contributed by atoms with Crippen molar-refractivity contribution in [1.82, 2.24) is 0 Å². The molecule has 1 aliphatic rings. The fourth-order valence-electron chi connectivity index (χ4n) is 2.62. The molecule has 140 valence electrons. The average Bonchev–Trinajstić information content (AvgIpc) is 2.88. The Hall–Kier alpha value is -1.34. The first kappa shape index (κ1) is 20.4. The van der Waals surface area contributed by atoms with Crippen LogP contribution in [0.25, 0.3) is 6.08 Å². The van der Waals surface area contributed by atoms with Crippen molar-refractivity contribution in [1.29, 1.82) is 0 Å². The molecule has 0 bridgehead atoms. The molecule has 27 heavy (non-hydrogen) atoms. The van der Waals surface area contributed by atoms with E-state index >= 15 is 0 Å². The molecule has 0 aromatic heterocycles. The maximum absolute atomic E-state index is 13.0. The summed E-state index contributed by atoms with van der Waals surface area (Å²) in [6, 6.07) is 8.74. The molecule has 0 saturated carbocycles. The number of benzene rings is 2. The summed E-state index contributed by atoms with van der Waals surface area (Å²) in [4.78, 5) is 13.0. The van der Waals surface area contributed by atoms with Crippen LogP contribution in [-0.4, -0.2) is 18.2 Å². The molecule has 0 radical (unpaired) electrons. The summed E-state index contributed by atoms with van der Waals surface area (Å²) >= 11 is 19.0. The zero-order valence-electron chi connectivity index (χ0n) is 14.4. The van der Waals surface area contributed by atoms with Gasteiger partial charge in [-0.05, 0) is 66.2 Å². The molecule has 0 spiro atoms. The molecule has 2 aromatic carbocycles. The lowest BCUT2D eigenvalue weighted by molar-refractivity contribution is -0.114. The number of halogens is 4. The summed E-state index contributed by atoms with van der Waals surface area (Å²) in [5.41, 5.74) is 2.40. The van der Waals surface area contributed by atoms with Crippen LogP contribution >= 0.6 is 55.1 Å². The third-order valence-electron chi connectivity index (χ3n) is 3.84. The largest absolute Gasteiger partial charge is 0.492 e. The second-order valence-electron chi connectivity index (χ2n) is 5.70. The molecule has 3 rings (SSSR count). The van der Waals surface area contributed by atoms with Gasteiger partial charge >= 0.3 is 0 Å². The molecule has 4 nitrogen and oxygen atoms in total. The quantitative estimate of drug-likeness (QED) is 0.410. The highest BCUT2D eigenvalue weighted by Crippen LogP contribution is 2.36. The summed E-state index contributed by atoms with van der Waals surface area (Å²) in [5.74, 6) is 0.422. The average molecular weight is 533 g/mol. The Morgan fingerprint density at radius 1 is 1.19 bits per heavy atom. The van der Waals surface area contributed by atoms with Gasteiger partial charge in [-0.2, -0.15) is 10.1 Å². The third-order valence-corrected chi connectivity index (χ3v) is 5.62. The van der Waals surface area contributed by atoms with Gasteiger partial charge in [-0.1, -0.05) is 39.1 Å². The van der Waals surface area contributed by atoms with Gasteiger partial charge in [0.25, 0.3) is 5.91 Å². The Morgan fingerprint density at radius 2 is 1.93 bits per heavy atom.